The van der Waals surface area contributed by atoms with Crippen LogP contribution in [0.2, 0.25) is 0 Å². The number of carboxylic acids is 1. The molecule has 0 bridgehead atoms. The number of hydrogen-bond acceptors (Lipinski definition) is 4. The van der Waals surface area contributed by atoms with E-state index in [0.717, 1.165) is 12.8 Å². The summed E-state index contributed by atoms with van der Waals surface area (Å²) in [6, 6.07) is 8.27. The molecule has 25 heavy (non-hydrogen) atoms. The number of Topliss-reactive ketones (excluding diaryl/α,β-unsaturated/α-hetero) is 1. The van der Waals surface area contributed by atoms with Crippen molar-refractivity contribution in [3.05, 3.63) is 35.9 Å². The number of nitrogens with one attached hydrogen (secondary N) is 1. The van der Waals surface area contributed by atoms with Gasteiger partial charge < -0.3 is 15.2 Å². The second-order valence-corrected chi connectivity index (χ2v) is 6.52. The summed E-state index contributed by atoms with van der Waals surface area (Å²) in [5.41, 5.74) is -0.663. The van der Waals surface area contributed by atoms with Crippen LogP contribution in [-0.2, 0) is 14.3 Å². The van der Waals surface area contributed by atoms with Crippen LogP contribution in [0, 0.1) is 0 Å². The molecule has 0 heterocycles. The predicted octanol–water partition coefficient (Wildman–Crippen LogP) is 2.81. The molecule has 6 heteroatoms. The molecule has 1 unspecified atom stereocenters. The zero-order chi connectivity index (χ0) is 18.9. The van der Waals surface area contributed by atoms with Crippen LogP contribution in [-0.4, -0.2) is 41.0 Å². The van der Waals surface area contributed by atoms with Gasteiger partial charge in [0, 0.05) is 12.2 Å². The number of hydrogen-bond donors (Lipinski definition) is 2. The molecule has 1 rings (SSSR count). The van der Waals surface area contributed by atoms with E-state index in [2.05, 4.69) is 5.32 Å². The lowest BCUT2D eigenvalue weighted by Crippen LogP contribution is -2.39. The maximum atomic E-state index is 12.1. The minimum Gasteiger partial charge on any atom is -0.479 e. The number of carbonyl (C=O) groups is 3. The molecule has 138 valence electrons. The Morgan fingerprint density at radius 3 is 2.32 bits per heavy atom. The first-order chi connectivity index (χ1) is 11.7. The summed E-state index contributed by atoms with van der Waals surface area (Å²) in [6.07, 6.45) is 2.79. The summed E-state index contributed by atoms with van der Waals surface area (Å²) in [4.78, 5) is 34.8. The number of amides is 1. The van der Waals surface area contributed by atoms with Gasteiger partial charge in [0.05, 0.1) is 6.04 Å². The monoisotopic (exact) mass is 349 g/mol. The standard InChI is InChI=1S/C19H27NO5/c1-14(21)16(20-17(22)15-10-6-4-7-11-15)12-8-5-9-13-25-19(2,3)18(23)24/h4,6-7,10-11,16H,5,8-9,12-13H2,1-3H3,(H,20,22)(H,23,24). The maximum absolute atomic E-state index is 12.1. The highest BCUT2D eigenvalue weighted by molar-refractivity contribution is 5.97. The number of aliphatic carboxylic acids is 1. The van der Waals surface area contributed by atoms with E-state index in [1.165, 1.54) is 20.8 Å². The molecule has 0 fully saturated rings. The molecule has 2 N–H and O–H groups in total. The number of benzene rings is 1. The van der Waals surface area contributed by atoms with Crippen LogP contribution in [0.15, 0.2) is 30.3 Å². The molecule has 0 radical (unpaired) electrons. The first kappa shape index (κ1) is 20.8. The van der Waals surface area contributed by atoms with E-state index in [0.29, 0.717) is 25.0 Å². The fraction of sp³-hybridized carbons (Fsp3) is 0.526. The van der Waals surface area contributed by atoms with Crippen LogP contribution in [0.3, 0.4) is 0 Å². The molecule has 0 aromatic heterocycles. The van der Waals surface area contributed by atoms with E-state index < -0.39 is 17.6 Å². The average Bonchev–Trinajstić information content (AvgIpc) is 2.57. The highest BCUT2D eigenvalue weighted by atomic mass is 16.5. The Balaban J connectivity index is 2.33. The Kier molecular flexibility index (Phi) is 8.28. The third-order valence-corrected chi connectivity index (χ3v) is 3.95. The normalized spacial score (nSPS) is 12.4. The Morgan fingerprint density at radius 2 is 1.76 bits per heavy atom. The van der Waals surface area contributed by atoms with Gasteiger partial charge in [0.2, 0.25) is 0 Å². The van der Waals surface area contributed by atoms with Gasteiger partial charge in [0.1, 0.15) is 0 Å². The predicted molar refractivity (Wildman–Crippen MR) is 94.5 cm³/mol. The Hall–Kier alpha value is -2.21. The second kappa shape index (κ2) is 9.93. The minimum absolute atomic E-state index is 0.0764. The van der Waals surface area contributed by atoms with Crippen LogP contribution in [0.5, 0.6) is 0 Å². The number of carbonyl (C=O) groups excluding carboxylic acids is 2. The third-order valence-electron chi connectivity index (χ3n) is 3.95. The van der Waals surface area contributed by atoms with Gasteiger partial charge in [-0.3, -0.25) is 9.59 Å². The number of ether oxygens (including phenoxy) is 1. The fourth-order valence-corrected chi connectivity index (χ4v) is 2.22. The molecular weight excluding hydrogens is 322 g/mol. The number of carboxylic acid groups (broad SMARTS) is 1. The molecule has 0 saturated carbocycles. The van der Waals surface area contributed by atoms with Crippen molar-refractivity contribution in [3.63, 3.8) is 0 Å². The average molecular weight is 349 g/mol. The first-order valence-corrected chi connectivity index (χ1v) is 8.48. The molecular formula is C19H27NO5. The van der Waals surface area contributed by atoms with Crippen molar-refractivity contribution in [2.75, 3.05) is 6.61 Å². The lowest BCUT2D eigenvalue weighted by Gasteiger charge is -2.20. The highest BCUT2D eigenvalue weighted by Crippen LogP contribution is 2.12. The number of ketones is 1. The van der Waals surface area contributed by atoms with E-state index in [1.807, 2.05) is 6.07 Å². The number of unbranched alkanes of at least 4 members (excludes halogenated alkanes) is 2. The molecule has 0 aliphatic carbocycles. The topological polar surface area (TPSA) is 92.7 Å². The Labute approximate surface area is 148 Å². The van der Waals surface area contributed by atoms with Crippen molar-refractivity contribution in [3.8, 4) is 0 Å². The highest BCUT2D eigenvalue weighted by Gasteiger charge is 2.27. The van der Waals surface area contributed by atoms with Gasteiger partial charge in [-0.15, -0.1) is 0 Å². The van der Waals surface area contributed by atoms with Crippen LogP contribution < -0.4 is 5.32 Å². The van der Waals surface area contributed by atoms with Gasteiger partial charge in [0.15, 0.2) is 11.4 Å². The van der Waals surface area contributed by atoms with Gasteiger partial charge in [-0.1, -0.05) is 31.0 Å². The van der Waals surface area contributed by atoms with Gasteiger partial charge in [0.25, 0.3) is 5.91 Å². The third kappa shape index (κ3) is 7.47. The fourth-order valence-electron chi connectivity index (χ4n) is 2.22. The van der Waals surface area contributed by atoms with E-state index in [-0.39, 0.29) is 11.7 Å². The smallest absolute Gasteiger partial charge is 0.335 e. The lowest BCUT2D eigenvalue weighted by molar-refractivity contribution is -0.161. The van der Waals surface area contributed by atoms with E-state index in [4.69, 9.17) is 9.84 Å². The van der Waals surface area contributed by atoms with Crippen LogP contribution in [0.1, 0.15) is 56.8 Å². The van der Waals surface area contributed by atoms with Crippen molar-refractivity contribution < 1.29 is 24.2 Å². The Morgan fingerprint density at radius 1 is 1.12 bits per heavy atom. The van der Waals surface area contributed by atoms with Gasteiger partial charge >= 0.3 is 5.97 Å². The van der Waals surface area contributed by atoms with Gasteiger partial charge in [-0.05, 0) is 45.7 Å². The lowest BCUT2D eigenvalue weighted by atomic mass is 10.0. The maximum Gasteiger partial charge on any atom is 0.335 e. The van der Waals surface area contributed by atoms with Crippen molar-refractivity contribution >= 4 is 17.7 Å². The summed E-state index contributed by atoms with van der Waals surface area (Å²) in [7, 11) is 0. The molecule has 1 atom stereocenters. The van der Waals surface area contributed by atoms with Crippen LogP contribution >= 0.6 is 0 Å². The van der Waals surface area contributed by atoms with Crippen molar-refractivity contribution in [1.29, 1.82) is 0 Å². The van der Waals surface area contributed by atoms with E-state index in [1.54, 1.807) is 24.3 Å². The Bertz CT molecular complexity index is 583. The van der Waals surface area contributed by atoms with Crippen molar-refractivity contribution in [2.45, 2.75) is 58.1 Å². The van der Waals surface area contributed by atoms with Crippen LogP contribution in [0.4, 0.5) is 0 Å². The van der Waals surface area contributed by atoms with E-state index in [9.17, 15) is 14.4 Å². The summed E-state index contributed by atoms with van der Waals surface area (Å²) in [5.74, 6) is -1.33. The summed E-state index contributed by atoms with van der Waals surface area (Å²) < 4.78 is 5.33. The van der Waals surface area contributed by atoms with Crippen molar-refractivity contribution in [1.82, 2.24) is 5.32 Å². The SMILES string of the molecule is CC(=O)C(CCCCCOC(C)(C)C(=O)O)NC(=O)c1ccccc1. The zero-order valence-electron chi connectivity index (χ0n) is 15.1. The summed E-state index contributed by atoms with van der Waals surface area (Å²) in [5, 5.41) is 11.7. The van der Waals surface area contributed by atoms with Crippen molar-refractivity contribution in [2.24, 2.45) is 0 Å². The minimum atomic E-state index is -1.19. The molecule has 0 aliphatic heterocycles. The molecule has 1 aromatic rings. The van der Waals surface area contributed by atoms with Gasteiger partial charge in [-0.25, -0.2) is 4.79 Å². The number of rotatable bonds is 11. The van der Waals surface area contributed by atoms with Crippen LogP contribution in [0.25, 0.3) is 0 Å². The summed E-state index contributed by atoms with van der Waals surface area (Å²) >= 11 is 0. The largest absolute Gasteiger partial charge is 0.479 e. The zero-order valence-corrected chi connectivity index (χ0v) is 15.1. The van der Waals surface area contributed by atoms with Gasteiger partial charge in [-0.2, -0.15) is 0 Å². The first-order valence-electron chi connectivity index (χ1n) is 8.48. The van der Waals surface area contributed by atoms with E-state index >= 15 is 0 Å². The molecule has 0 aliphatic rings. The molecule has 6 nitrogen and oxygen atoms in total. The molecule has 0 spiro atoms. The molecule has 1 amide bonds. The quantitative estimate of drug-likeness (QED) is 0.599. The molecule has 0 saturated heterocycles. The molecule has 1 aromatic carbocycles. The second-order valence-electron chi connectivity index (χ2n) is 6.52. The summed E-state index contributed by atoms with van der Waals surface area (Å²) in [6.45, 7) is 4.84.